The van der Waals surface area contributed by atoms with Crippen molar-refractivity contribution in [2.24, 2.45) is 0 Å². The Labute approximate surface area is 113 Å². The van der Waals surface area contributed by atoms with Gasteiger partial charge in [-0.25, -0.2) is 9.18 Å². The van der Waals surface area contributed by atoms with Gasteiger partial charge in [0.25, 0.3) is 5.91 Å². The van der Waals surface area contributed by atoms with Gasteiger partial charge in [-0.3, -0.25) is 4.79 Å². The first-order chi connectivity index (χ1) is 9.47. The van der Waals surface area contributed by atoms with Gasteiger partial charge in [0.05, 0.1) is 12.2 Å². The molecule has 7 heteroatoms. The monoisotopic (exact) mass is 278 g/mol. The smallest absolute Gasteiger partial charge is 0.371 e. The number of aromatic carboxylic acids is 1. The van der Waals surface area contributed by atoms with Crippen LogP contribution in [0, 0.1) is 5.82 Å². The van der Waals surface area contributed by atoms with Crippen molar-refractivity contribution < 1.29 is 23.5 Å². The topological polar surface area (TPSA) is 106 Å². The molecule has 6 nitrogen and oxygen atoms in total. The predicted molar refractivity (Wildman–Crippen MR) is 67.6 cm³/mol. The molecule has 0 aliphatic heterocycles. The molecule has 1 aromatic carbocycles. The van der Waals surface area contributed by atoms with Crippen molar-refractivity contribution in [2.75, 3.05) is 5.73 Å². The summed E-state index contributed by atoms with van der Waals surface area (Å²) in [6.07, 6.45) is 0. The van der Waals surface area contributed by atoms with E-state index < -0.39 is 17.7 Å². The largest absolute Gasteiger partial charge is 0.475 e. The summed E-state index contributed by atoms with van der Waals surface area (Å²) in [5, 5.41) is 11.2. The maximum atomic E-state index is 13.2. The van der Waals surface area contributed by atoms with Gasteiger partial charge in [0.1, 0.15) is 11.6 Å². The number of anilines is 1. The summed E-state index contributed by atoms with van der Waals surface area (Å²) in [5.74, 6) is -2.32. The number of carboxylic acid groups (broad SMARTS) is 1. The number of hydrogen-bond acceptors (Lipinski definition) is 4. The van der Waals surface area contributed by atoms with Gasteiger partial charge in [-0.2, -0.15) is 0 Å². The fourth-order valence-electron chi connectivity index (χ4n) is 1.53. The van der Waals surface area contributed by atoms with Gasteiger partial charge in [-0.15, -0.1) is 0 Å². The first kappa shape index (κ1) is 13.6. The fourth-order valence-corrected chi connectivity index (χ4v) is 1.53. The van der Waals surface area contributed by atoms with Crippen LogP contribution in [0.5, 0.6) is 0 Å². The molecule has 0 unspecified atom stereocenters. The van der Waals surface area contributed by atoms with Gasteiger partial charge in [0, 0.05) is 5.56 Å². The Morgan fingerprint density at radius 2 is 2.05 bits per heavy atom. The maximum absolute atomic E-state index is 13.2. The minimum Gasteiger partial charge on any atom is -0.475 e. The number of carbonyl (C=O) groups excluding carboxylic acids is 1. The first-order valence-electron chi connectivity index (χ1n) is 5.62. The van der Waals surface area contributed by atoms with Crippen LogP contribution < -0.4 is 11.1 Å². The number of furan rings is 1. The Kier molecular flexibility index (Phi) is 3.69. The summed E-state index contributed by atoms with van der Waals surface area (Å²) in [7, 11) is 0. The zero-order chi connectivity index (χ0) is 14.7. The molecule has 1 amide bonds. The van der Waals surface area contributed by atoms with E-state index >= 15 is 0 Å². The number of carbonyl (C=O) groups is 2. The van der Waals surface area contributed by atoms with Crippen molar-refractivity contribution in [3.8, 4) is 0 Å². The quantitative estimate of drug-likeness (QED) is 0.737. The minimum atomic E-state index is -1.19. The fraction of sp³-hybridized carbons (Fsp3) is 0.0769. The van der Waals surface area contributed by atoms with E-state index in [0.29, 0.717) is 0 Å². The molecular weight excluding hydrogens is 267 g/mol. The number of halogens is 1. The first-order valence-corrected chi connectivity index (χ1v) is 5.62. The lowest BCUT2D eigenvalue weighted by molar-refractivity contribution is 0.0660. The van der Waals surface area contributed by atoms with Crippen LogP contribution in [0.4, 0.5) is 10.1 Å². The van der Waals surface area contributed by atoms with E-state index in [4.69, 9.17) is 15.3 Å². The lowest BCUT2D eigenvalue weighted by Crippen LogP contribution is -2.22. The van der Waals surface area contributed by atoms with Crippen LogP contribution in [0.1, 0.15) is 26.7 Å². The van der Waals surface area contributed by atoms with Crippen LogP contribution in [0.15, 0.2) is 34.7 Å². The minimum absolute atomic E-state index is 0.00188. The van der Waals surface area contributed by atoms with Gasteiger partial charge in [0.15, 0.2) is 0 Å². The van der Waals surface area contributed by atoms with Gasteiger partial charge < -0.3 is 20.6 Å². The van der Waals surface area contributed by atoms with Gasteiger partial charge >= 0.3 is 5.97 Å². The van der Waals surface area contributed by atoms with Crippen molar-refractivity contribution in [2.45, 2.75) is 6.54 Å². The zero-order valence-electron chi connectivity index (χ0n) is 10.2. The van der Waals surface area contributed by atoms with E-state index in [-0.39, 0.29) is 29.3 Å². The Morgan fingerprint density at radius 3 is 2.65 bits per heavy atom. The van der Waals surface area contributed by atoms with Crippen molar-refractivity contribution >= 4 is 17.6 Å². The summed E-state index contributed by atoms with van der Waals surface area (Å²) < 4.78 is 18.2. The molecule has 2 aromatic rings. The summed E-state index contributed by atoms with van der Waals surface area (Å²) in [6.45, 7) is -0.00188. The highest BCUT2D eigenvalue weighted by molar-refractivity contribution is 5.94. The number of nitrogens with one attached hydrogen (secondary N) is 1. The number of amides is 1. The van der Waals surface area contributed by atoms with Crippen LogP contribution in [0.3, 0.4) is 0 Å². The van der Waals surface area contributed by atoms with E-state index in [0.717, 1.165) is 6.07 Å². The Balaban J connectivity index is 2.00. The molecular formula is C13H11FN2O4. The molecule has 20 heavy (non-hydrogen) atoms. The SMILES string of the molecule is Nc1ccc(C(=O)NCc2ccc(C(=O)O)o2)cc1F. The number of nitrogen functional groups attached to an aromatic ring is 1. The highest BCUT2D eigenvalue weighted by Crippen LogP contribution is 2.12. The number of hydrogen-bond donors (Lipinski definition) is 3. The highest BCUT2D eigenvalue weighted by Gasteiger charge is 2.11. The molecule has 0 spiro atoms. The van der Waals surface area contributed by atoms with E-state index in [1.165, 1.54) is 24.3 Å². The molecule has 0 radical (unpaired) electrons. The van der Waals surface area contributed by atoms with Crippen molar-refractivity contribution in [3.05, 3.63) is 53.2 Å². The van der Waals surface area contributed by atoms with Crippen LogP contribution >= 0.6 is 0 Å². The summed E-state index contributed by atoms with van der Waals surface area (Å²) in [5.41, 5.74) is 5.38. The maximum Gasteiger partial charge on any atom is 0.371 e. The van der Waals surface area contributed by atoms with E-state index in [1.807, 2.05) is 0 Å². The summed E-state index contributed by atoms with van der Waals surface area (Å²) in [4.78, 5) is 22.4. The summed E-state index contributed by atoms with van der Waals surface area (Å²) >= 11 is 0. The number of rotatable bonds is 4. The van der Waals surface area contributed by atoms with Crippen molar-refractivity contribution in [3.63, 3.8) is 0 Å². The van der Waals surface area contributed by atoms with Crippen molar-refractivity contribution in [1.82, 2.24) is 5.32 Å². The number of nitrogens with two attached hydrogens (primary N) is 1. The third-order valence-corrected chi connectivity index (χ3v) is 2.56. The number of benzene rings is 1. The second-order valence-corrected chi connectivity index (χ2v) is 3.99. The Morgan fingerprint density at radius 1 is 1.30 bits per heavy atom. The molecule has 0 bridgehead atoms. The van der Waals surface area contributed by atoms with Crippen LogP contribution in [-0.4, -0.2) is 17.0 Å². The Hall–Kier alpha value is -2.83. The average Bonchev–Trinajstić information content (AvgIpc) is 2.88. The van der Waals surface area contributed by atoms with Crippen LogP contribution in [0.2, 0.25) is 0 Å². The molecule has 0 saturated heterocycles. The lowest BCUT2D eigenvalue weighted by atomic mass is 10.2. The average molecular weight is 278 g/mol. The van der Waals surface area contributed by atoms with E-state index in [9.17, 15) is 14.0 Å². The molecule has 0 saturated carbocycles. The lowest BCUT2D eigenvalue weighted by Gasteiger charge is -2.04. The van der Waals surface area contributed by atoms with E-state index in [1.54, 1.807) is 0 Å². The molecule has 0 aliphatic rings. The highest BCUT2D eigenvalue weighted by atomic mass is 19.1. The standard InChI is InChI=1S/C13H11FN2O4/c14-9-5-7(1-3-10(9)15)12(17)16-6-8-2-4-11(20-8)13(18)19/h1-5H,6,15H2,(H,16,17)(H,18,19). The summed E-state index contributed by atoms with van der Waals surface area (Å²) in [6, 6.07) is 6.42. The normalized spacial score (nSPS) is 10.2. The molecule has 2 rings (SSSR count). The van der Waals surface area contributed by atoms with Crippen LogP contribution in [0.25, 0.3) is 0 Å². The number of carboxylic acids is 1. The molecule has 0 fully saturated rings. The molecule has 104 valence electrons. The molecule has 0 aliphatic carbocycles. The van der Waals surface area contributed by atoms with Gasteiger partial charge in [-0.1, -0.05) is 0 Å². The van der Waals surface area contributed by atoms with E-state index in [2.05, 4.69) is 5.32 Å². The van der Waals surface area contributed by atoms with Gasteiger partial charge in [-0.05, 0) is 30.3 Å². The second kappa shape index (κ2) is 5.43. The third kappa shape index (κ3) is 2.94. The molecule has 4 N–H and O–H groups in total. The third-order valence-electron chi connectivity index (χ3n) is 2.56. The second-order valence-electron chi connectivity index (χ2n) is 3.99. The Bertz CT molecular complexity index is 666. The van der Waals surface area contributed by atoms with Crippen molar-refractivity contribution in [1.29, 1.82) is 0 Å². The zero-order valence-corrected chi connectivity index (χ0v) is 10.2. The predicted octanol–water partition coefficient (Wildman–Crippen LogP) is 1.63. The van der Waals surface area contributed by atoms with Gasteiger partial charge in [0.2, 0.25) is 5.76 Å². The molecule has 1 aromatic heterocycles. The molecule has 0 atom stereocenters. The van der Waals surface area contributed by atoms with Crippen LogP contribution in [-0.2, 0) is 6.54 Å². The molecule has 1 heterocycles.